The zero-order valence-corrected chi connectivity index (χ0v) is 17.8. The van der Waals surface area contributed by atoms with Crippen LogP contribution in [0, 0.1) is 13.8 Å². The number of hydrogen-bond acceptors (Lipinski definition) is 6. The topological polar surface area (TPSA) is 72.3 Å². The van der Waals surface area contributed by atoms with Crippen molar-refractivity contribution in [3.05, 3.63) is 46.9 Å². The van der Waals surface area contributed by atoms with Gasteiger partial charge in [-0.1, -0.05) is 6.07 Å². The molecule has 1 amide bonds. The number of aromatic nitrogens is 3. The zero-order valence-electron chi connectivity index (χ0n) is 16.9. The van der Waals surface area contributed by atoms with Crippen LogP contribution in [0.3, 0.4) is 0 Å². The third-order valence-electron chi connectivity index (χ3n) is 5.13. The molecule has 0 unspecified atom stereocenters. The molecule has 1 aliphatic rings. The molecule has 29 heavy (non-hydrogen) atoms. The highest BCUT2D eigenvalue weighted by Crippen LogP contribution is 2.39. The molecule has 1 N–H and O–H groups in total. The maximum Gasteiger partial charge on any atom is 0.265 e. The van der Waals surface area contributed by atoms with Crippen LogP contribution in [-0.2, 0) is 11.3 Å². The summed E-state index contributed by atoms with van der Waals surface area (Å²) in [6.45, 7) is 9.73. The number of rotatable bonds is 5. The highest BCUT2D eigenvalue weighted by atomic mass is 32.1. The Labute approximate surface area is 174 Å². The van der Waals surface area contributed by atoms with Gasteiger partial charge >= 0.3 is 0 Å². The number of anilines is 2. The molecule has 0 bridgehead atoms. The van der Waals surface area contributed by atoms with Gasteiger partial charge in [0.25, 0.3) is 5.91 Å². The maximum atomic E-state index is 13.1. The lowest BCUT2D eigenvalue weighted by molar-refractivity contribution is 0.103. The van der Waals surface area contributed by atoms with Crippen LogP contribution in [0.15, 0.2) is 30.6 Å². The van der Waals surface area contributed by atoms with Crippen molar-refractivity contribution in [3.8, 4) is 11.1 Å². The summed E-state index contributed by atoms with van der Waals surface area (Å²) in [5, 5.41) is 8.66. The summed E-state index contributed by atoms with van der Waals surface area (Å²) in [6, 6.07) is 5.92. The van der Waals surface area contributed by atoms with Crippen LogP contribution in [0.2, 0.25) is 0 Å². The number of ether oxygens (including phenoxy) is 1. The highest BCUT2D eigenvalue weighted by Gasteiger charge is 2.23. The first-order chi connectivity index (χ1) is 14.1. The van der Waals surface area contributed by atoms with Crippen molar-refractivity contribution in [1.82, 2.24) is 14.8 Å². The summed E-state index contributed by atoms with van der Waals surface area (Å²) < 4.78 is 7.40. The first-order valence-corrected chi connectivity index (χ1v) is 10.6. The summed E-state index contributed by atoms with van der Waals surface area (Å²) in [6.07, 6.45) is 3.60. The van der Waals surface area contributed by atoms with Gasteiger partial charge in [-0.2, -0.15) is 5.10 Å². The minimum absolute atomic E-state index is 0.110. The standard InChI is InChI=1S/C21H25N5O2S/c1-4-26-15(3)19(14(2)24-26)23-20(27)18-12-17(16-6-5-7-22-13-16)21(29-18)25-8-10-28-11-9-25/h5-7,12-13H,4,8-11H2,1-3H3,(H,23,27). The largest absolute Gasteiger partial charge is 0.378 e. The lowest BCUT2D eigenvalue weighted by atomic mass is 10.1. The molecule has 0 saturated carbocycles. The molecular weight excluding hydrogens is 386 g/mol. The van der Waals surface area contributed by atoms with E-state index in [0.717, 1.165) is 52.8 Å². The SMILES string of the molecule is CCn1nc(C)c(NC(=O)c2cc(-c3cccnc3)c(N3CCOCC3)s2)c1C. The predicted molar refractivity (Wildman–Crippen MR) is 116 cm³/mol. The van der Waals surface area contributed by atoms with Gasteiger partial charge in [0.2, 0.25) is 0 Å². The van der Waals surface area contributed by atoms with E-state index in [1.807, 2.05) is 49.8 Å². The van der Waals surface area contributed by atoms with Crippen LogP contribution >= 0.6 is 11.3 Å². The van der Waals surface area contributed by atoms with E-state index >= 15 is 0 Å². The Balaban J connectivity index is 1.68. The van der Waals surface area contributed by atoms with Crippen molar-refractivity contribution < 1.29 is 9.53 Å². The van der Waals surface area contributed by atoms with E-state index in [1.165, 1.54) is 11.3 Å². The molecule has 4 heterocycles. The van der Waals surface area contributed by atoms with Crippen LogP contribution in [0.1, 0.15) is 28.0 Å². The lowest BCUT2D eigenvalue weighted by Crippen LogP contribution is -2.35. The van der Waals surface area contributed by atoms with E-state index in [2.05, 4.69) is 20.3 Å². The van der Waals surface area contributed by atoms with E-state index in [9.17, 15) is 4.79 Å². The molecule has 1 aliphatic heterocycles. The van der Waals surface area contributed by atoms with Crippen LogP contribution in [0.5, 0.6) is 0 Å². The molecule has 0 atom stereocenters. The molecule has 3 aromatic heterocycles. The molecule has 1 saturated heterocycles. The van der Waals surface area contributed by atoms with Gasteiger partial charge in [0.1, 0.15) is 0 Å². The normalized spacial score (nSPS) is 14.2. The number of thiophene rings is 1. The average Bonchev–Trinajstić information content (AvgIpc) is 3.32. The summed E-state index contributed by atoms with van der Waals surface area (Å²) in [4.78, 5) is 20.3. The molecule has 8 heteroatoms. The summed E-state index contributed by atoms with van der Waals surface area (Å²) in [5.74, 6) is -0.110. The zero-order chi connectivity index (χ0) is 20.4. The van der Waals surface area contributed by atoms with Crippen molar-refractivity contribution in [1.29, 1.82) is 0 Å². The highest BCUT2D eigenvalue weighted by molar-refractivity contribution is 7.18. The van der Waals surface area contributed by atoms with E-state index in [1.54, 1.807) is 6.20 Å². The van der Waals surface area contributed by atoms with Gasteiger partial charge in [0.05, 0.1) is 40.2 Å². The number of morpholine rings is 1. The van der Waals surface area contributed by atoms with Crippen molar-refractivity contribution in [3.63, 3.8) is 0 Å². The van der Waals surface area contributed by atoms with Crippen molar-refractivity contribution in [2.45, 2.75) is 27.3 Å². The maximum absolute atomic E-state index is 13.1. The number of amides is 1. The summed E-state index contributed by atoms with van der Waals surface area (Å²) in [7, 11) is 0. The van der Waals surface area contributed by atoms with E-state index in [4.69, 9.17) is 4.74 Å². The van der Waals surface area contributed by atoms with E-state index in [-0.39, 0.29) is 5.91 Å². The predicted octanol–water partition coefficient (Wildman–Crippen LogP) is 3.73. The van der Waals surface area contributed by atoms with Gasteiger partial charge in [0, 0.05) is 43.2 Å². The Bertz CT molecular complexity index is 1010. The monoisotopic (exact) mass is 411 g/mol. The number of carbonyl (C=O) groups excluding carboxylic acids is 1. The van der Waals surface area contributed by atoms with Crippen LogP contribution in [0.4, 0.5) is 10.7 Å². The van der Waals surface area contributed by atoms with Crippen molar-refractivity contribution in [2.75, 3.05) is 36.5 Å². The second-order valence-corrected chi connectivity index (χ2v) is 8.02. The fourth-order valence-electron chi connectivity index (χ4n) is 3.58. The van der Waals surface area contributed by atoms with Gasteiger partial charge < -0.3 is 15.0 Å². The fraction of sp³-hybridized carbons (Fsp3) is 0.381. The third-order valence-corrected chi connectivity index (χ3v) is 6.32. The van der Waals surface area contributed by atoms with Gasteiger partial charge in [-0.3, -0.25) is 14.5 Å². The molecule has 0 aromatic carbocycles. The number of aryl methyl sites for hydroxylation is 2. The third kappa shape index (κ3) is 3.90. The van der Waals surface area contributed by atoms with Gasteiger partial charge in [-0.05, 0) is 32.9 Å². The fourth-order valence-corrected chi connectivity index (χ4v) is 4.71. The van der Waals surface area contributed by atoms with Gasteiger partial charge in [0.15, 0.2) is 0 Å². The quantitative estimate of drug-likeness (QED) is 0.693. The molecule has 0 spiro atoms. The van der Waals surface area contributed by atoms with Crippen LogP contribution < -0.4 is 10.2 Å². The molecule has 0 radical (unpaired) electrons. The Hall–Kier alpha value is -2.71. The first-order valence-electron chi connectivity index (χ1n) is 9.80. The molecule has 3 aromatic rings. The minimum Gasteiger partial charge on any atom is -0.378 e. The number of pyridine rings is 1. The summed E-state index contributed by atoms with van der Waals surface area (Å²) in [5.41, 5.74) is 4.63. The Morgan fingerprint density at radius 2 is 2.10 bits per heavy atom. The number of nitrogens with zero attached hydrogens (tertiary/aromatic N) is 4. The van der Waals surface area contributed by atoms with Crippen LogP contribution in [0.25, 0.3) is 11.1 Å². The minimum atomic E-state index is -0.110. The molecule has 1 fully saturated rings. The van der Waals surface area contributed by atoms with Gasteiger partial charge in [-0.15, -0.1) is 11.3 Å². The number of nitrogens with one attached hydrogen (secondary N) is 1. The van der Waals surface area contributed by atoms with Crippen molar-refractivity contribution in [2.24, 2.45) is 0 Å². The second kappa shape index (κ2) is 8.34. The molecule has 7 nitrogen and oxygen atoms in total. The first kappa shape index (κ1) is 19.6. The molecule has 152 valence electrons. The molecular formula is C21H25N5O2S. The Morgan fingerprint density at radius 1 is 1.31 bits per heavy atom. The average molecular weight is 412 g/mol. The van der Waals surface area contributed by atoms with E-state index < -0.39 is 0 Å². The van der Waals surface area contributed by atoms with E-state index in [0.29, 0.717) is 18.1 Å². The van der Waals surface area contributed by atoms with Crippen LogP contribution in [-0.4, -0.2) is 47.0 Å². The number of hydrogen-bond donors (Lipinski definition) is 1. The Kier molecular flexibility index (Phi) is 5.64. The summed E-state index contributed by atoms with van der Waals surface area (Å²) >= 11 is 1.52. The molecule has 0 aliphatic carbocycles. The molecule has 4 rings (SSSR count). The smallest absolute Gasteiger partial charge is 0.265 e. The lowest BCUT2D eigenvalue weighted by Gasteiger charge is -2.28. The van der Waals surface area contributed by atoms with Gasteiger partial charge in [-0.25, -0.2) is 0 Å². The number of carbonyl (C=O) groups is 1. The Morgan fingerprint density at radius 3 is 2.76 bits per heavy atom. The second-order valence-electron chi connectivity index (χ2n) is 6.99. The van der Waals surface area contributed by atoms with Crippen molar-refractivity contribution >= 4 is 27.9 Å².